The number of nitrogens with zero attached hydrogens (tertiary/aromatic N) is 1. The van der Waals surface area contributed by atoms with Crippen molar-refractivity contribution in [2.75, 3.05) is 13.1 Å². The molecule has 0 spiro atoms. The van der Waals surface area contributed by atoms with Gasteiger partial charge in [-0.25, -0.2) is 0 Å². The van der Waals surface area contributed by atoms with E-state index in [2.05, 4.69) is 24.8 Å². The van der Waals surface area contributed by atoms with E-state index < -0.39 is 0 Å². The topological polar surface area (TPSA) is 23.5 Å². The maximum atomic E-state index is 9.85. The van der Waals surface area contributed by atoms with Crippen molar-refractivity contribution in [3.8, 4) is 5.75 Å². The molecule has 2 heteroatoms. The molecule has 1 saturated carbocycles. The molecular weight excluding hydrogens is 246 g/mol. The molecule has 20 heavy (non-hydrogen) atoms. The van der Waals surface area contributed by atoms with E-state index in [0.29, 0.717) is 17.7 Å². The zero-order valence-electron chi connectivity index (χ0n) is 12.6. The predicted molar refractivity (Wildman–Crippen MR) is 81.0 cm³/mol. The van der Waals surface area contributed by atoms with Crippen molar-refractivity contribution in [2.45, 2.75) is 51.0 Å². The Balaban J connectivity index is 1.71. The van der Waals surface area contributed by atoms with Crippen molar-refractivity contribution in [1.29, 1.82) is 0 Å². The standard InChI is InChI=1S/C18H25NO/c1-12-17-9-14-5-6-15(20)10-16(14)18(12,2)7-8-19(17)11-13-3-4-13/h5-6,10,12-13,17,20H,3-4,7-9,11H2,1-2H3/t12?,17-,18?/m0/s1. The van der Waals surface area contributed by atoms with Crippen LogP contribution in [0, 0.1) is 11.8 Å². The van der Waals surface area contributed by atoms with Gasteiger partial charge in [-0.3, -0.25) is 4.90 Å². The third-order valence-electron chi connectivity index (χ3n) is 6.30. The normalized spacial score (nSPS) is 36.7. The first-order valence-corrected chi connectivity index (χ1v) is 8.14. The minimum Gasteiger partial charge on any atom is -0.508 e. The summed E-state index contributed by atoms with van der Waals surface area (Å²) in [7, 11) is 0. The summed E-state index contributed by atoms with van der Waals surface area (Å²) in [5, 5.41) is 9.85. The van der Waals surface area contributed by atoms with Gasteiger partial charge in [-0.05, 0) is 72.7 Å². The molecule has 3 aliphatic rings. The monoisotopic (exact) mass is 271 g/mol. The number of phenols is 1. The fourth-order valence-corrected chi connectivity index (χ4v) is 4.55. The van der Waals surface area contributed by atoms with Gasteiger partial charge in [-0.15, -0.1) is 0 Å². The van der Waals surface area contributed by atoms with Gasteiger partial charge in [0.2, 0.25) is 0 Å². The molecule has 1 saturated heterocycles. The van der Waals surface area contributed by atoms with Crippen molar-refractivity contribution in [1.82, 2.24) is 4.90 Å². The lowest BCUT2D eigenvalue weighted by molar-refractivity contribution is 0.0283. The second-order valence-electron chi connectivity index (χ2n) is 7.51. The third-order valence-corrected chi connectivity index (χ3v) is 6.30. The summed E-state index contributed by atoms with van der Waals surface area (Å²) >= 11 is 0. The Labute approximate surface area is 121 Å². The highest BCUT2D eigenvalue weighted by molar-refractivity contribution is 5.44. The SMILES string of the molecule is CC1[C@@H]2Cc3ccc(O)cc3C1(C)CCN2CC1CC1. The van der Waals surface area contributed by atoms with E-state index in [1.807, 2.05) is 12.1 Å². The van der Waals surface area contributed by atoms with Crippen LogP contribution >= 0.6 is 0 Å². The number of fused-ring (bicyclic) bond motifs is 4. The Hall–Kier alpha value is -1.02. The van der Waals surface area contributed by atoms with E-state index >= 15 is 0 Å². The summed E-state index contributed by atoms with van der Waals surface area (Å²) in [6.07, 6.45) is 5.28. The summed E-state index contributed by atoms with van der Waals surface area (Å²) in [6, 6.07) is 6.74. The molecule has 2 unspecified atom stereocenters. The van der Waals surface area contributed by atoms with Crippen LogP contribution in [0.4, 0.5) is 0 Å². The number of hydrogen-bond acceptors (Lipinski definition) is 2. The van der Waals surface area contributed by atoms with Gasteiger partial charge in [0.1, 0.15) is 5.75 Å². The van der Waals surface area contributed by atoms with E-state index in [1.165, 1.54) is 49.9 Å². The Kier molecular flexibility index (Phi) is 2.69. The highest BCUT2D eigenvalue weighted by Crippen LogP contribution is 2.49. The Morgan fingerprint density at radius 1 is 1.35 bits per heavy atom. The van der Waals surface area contributed by atoms with Gasteiger partial charge in [0.25, 0.3) is 0 Å². The zero-order chi connectivity index (χ0) is 13.9. The lowest BCUT2D eigenvalue weighted by atomic mass is 9.59. The van der Waals surface area contributed by atoms with Crippen molar-refractivity contribution < 1.29 is 5.11 Å². The fourth-order valence-electron chi connectivity index (χ4n) is 4.55. The van der Waals surface area contributed by atoms with E-state index in [9.17, 15) is 5.11 Å². The minimum atomic E-state index is 0.247. The molecule has 2 nitrogen and oxygen atoms in total. The van der Waals surface area contributed by atoms with E-state index in [1.54, 1.807) is 0 Å². The molecule has 0 amide bonds. The van der Waals surface area contributed by atoms with Crippen LogP contribution in [-0.2, 0) is 11.8 Å². The maximum absolute atomic E-state index is 9.85. The zero-order valence-corrected chi connectivity index (χ0v) is 12.6. The van der Waals surface area contributed by atoms with Crippen molar-refractivity contribution >= 4 is 0 Å². The number of piperidine rings is 1. The summed E-state index contributed by atoms with van der Waals surface area (Å²) in [5.41, 5.74) is 3.12. The van der Waals surface area contributed by atoms with Crippen molar-refractivity contribution in [2.24, 2.45) is 11.8 Å². The van der Waals surface area contributed by atoms with Crippen molar-refractivity contribution in [3.63, 3.8) is 0 Å². The Morgan fingerprint density at radius 3 is 2.90 bits per heavy atom. The molecule has 3 atom stereocenters. The average Bonchev–Trinajstić information content (AvgIpc) is 3.22. The minimum absolute atomic E-state index is 0.247. The first-order chi connectivity index (χ1) is 9.58. The molecule has 0 aromatic heterocycles. The van der Waals surface area contributed by atoms with Crippen molar-refractivity contribution in [3.05, 3.63) is 29.3 Å². The number of aromatic hydroxyl groups is 1. The summed E-state index contributed by atoms with van der Waals surface area (Å²) < 4.78 is 0. The second kappa shape index (κ2) is 4.24. The lowest BCUT2D eigenvalue weighted by Crippen LogP contribution is -2.58. The van der Waals surface area contributed by atoms with E-state index in [4.69, 9.17) is 0 Å². The smallest absolute Gasteiger partial charge is 0.115 e. The van der Waals surface area contributed by atoms with E-state index in [0.717, 1.165) is 5.92 Å². The molecule has 108 valence electrons. The molecule has 1 heterocycles. The molecule has 4 rings (SSSR count). The van der Waals surface area contributed by atoms with Gasteiger partial charge >= 0.3 is 0 Å². The number of rotatable bonds is 2. The highest BCUT2D eigenvalue weighted by Gasteiger charge is 2.48. The van der Waals surface area contributed by atoms with Crippen LogP contribution in [0.25, 0.3) is 0 Å². The predicted octanol–water partition coefficient (Wildman–Crippen LogP) is 3.33. The molecule has 1 aliphatic heterocycles. The molecule has 2 fully saturated rings. The molecule has 0 radical (unpaired) electrons. The largest absolute Gasteiger partial charge is 0.508 e. The number of phenolic OH excluding ortho intramolecular Hbond substituents is 1. The Morgan fingerprint density at radius 2 is 2.15 bits per heavy atom. The average molecular weight is 271 g/mol. The van der Waals surface area contributed by atoms with Gasteiger partial charge in [-0.1, -0.05) is 19.9 Å². The van der Waals surface area contributed by atoms with Crippen LogP contribution in [0.1, 0.15) is 44.2 Å². The van der Waals surface area contributed by atoms with Gasteiger partial charge in [-0.2, -0.15) is 0 Å². The summed E-state index contributed by atoms with van der Waals surface area (Å²) in [6.45, 7) is 7.39. The molecule has 1 aromatic rings. The molecule has 2 bridgehead atoms. The van der Waals surface area contributed by atoms with Crippen LogP contribution in [-0.4, -0.2) is 29.1 Å². The van der Waals surface area contributed by atoms with Crippen LogP contribution < -0.4 is 0 Å². The molecular formula is C18H25NO. The van der Waals surface area contributed by atoms with Crippen LogP contribution in [0.3, 0.4) is 0 Å². The quantitative estimate of drug-likeness (QED) is 0.892. The van der Waals surface area contributed by atoms with Crippen LogP contribution in [0.15, 0.2) is 18.2 Å². The van der Waals surface area contributed by atoms with Gasteiger partial charge < -0.3 is 5.11 Å². The van der Waals surface area contributed by atoms with Crippen LogP contribution in [0.2, 0.25) is 0 Å². The summed E-state index contributed by atoms with van der Waals surface area (Å²) in [5.74, 6) is 2.09. The van der Waals surface area contributed by atoms with E-state index in [-0.39, 0.29) is 5.41 Å². The maximum Gasteiger partial charge on any atom is 0.115 e. The fraction of sp³-hybridized carbons (Fsp3) is 0.667. The Bertz CT molecular complexity index is 536. The second-order valence-corrected chi connectivity index (χ2v) is 7.51. The number of likely N-dealkylation sites (tertiary alicyclic amines) is 1. The van der Waals surface area contributed by atoms with Gasteiger partial charge in [0.15, 0.2) is 0 Å². The van der Waals surface area contributed by atoms with Gasteiger partial charge in [0.05, 0.1) is 0 Å². The number of hydrogen-bond donors (Lipinski definition) is 1. The third kappa shape index (κ3) is 1.81. The molecule has 1 aromatic carbocycles. The molecule has 1 N–H and O–H groups in total. The number of benzene rings is 1. The molecule has 2 aliphatic carbocycles. The highest BCUT2D eigenvalue weighted by atomic mass is 16.3. The first kappa shape index (κ1) is 12.7. The first-order valence-electron chi connectivity index (χ1n) is 8.14. The summed E-state index contributed by atoms with van der Waals surface area (Å²) in [4.78, 5) is 2.76. The van der Waals surface area contributed by atoms with Gasteiger partial charge in [0, 0.05) is 12.6 Å². The van der Waals surface area contributed by atoms with Crippen LogP contribution in [0.5, 0.6) is 5.75 Å². The lowest BCUT2D eigenvalue weighted by Gasteiger charge is -2.54.